The van der Waals surface area contributed by atoms with E-state index in [9.17, 15) is 4.79 Å². The summed E-state index contributed by atoms with van der Waals surface area (Å²) in [5.74, 6) is -0.723. The number of hydrogen-bond donors (Lipinski definition) is 1. The van der Waals surface area contributed by atoms with E-state index in [0.29, 0.717) is 6.04 Å². The summed E-state index contributed by atoms with van der Waals surface area (Å²) in [4.78, 5) is 16.1. The van der Waals surface area contributed by atoms with E-state index >= 15 is 0 Å². The summed E-state index contributed by atoms with van der Waals surface area (Å²) in [5.41, 5.74) is 0. The maximum Gasteiger partial charge on any atom is 0.307 e. The number of hydrogen-bond acceptors (Lipinski definition) is 3. The fourth-order valence-corrected chi connectivity index (χ4v) is 4.21. The van der Waals surface area contributed by atoms with E-state index in [-0.39, 0.29) is 5.92 Å². The first-order valence-electron chi connectivity index (χ1n) is 7.95. The summed E-state index contributed by atoms with van der Waals surface area (Å²) in [7, 11) is 0. The molecule has 0 aromatic carbocycles. The van der Waals surface area contributed by atoms with Crippen molar-refractivity contribution in [2.75, 3.05) is 26.2 Å². The van der Waals surface area contributed by atoms with Gasteiger partial charge in [-0.15, -0.1) is 0 Å². The minimum absolute atomic E-state index is 0.118. The Kier molecular flexibility index (Phi) is 4.08. The zero-order valence-electron chi connectivity index (χ0n) is 11.8. The quantitative estimate of drug-likeness (QED) is 0.846. The van der Waals surface area contributed by atoms with Crippen LogP contribution in [-0.4, -0.2) is 59.1 Å². The smallest absolute Gasteiger partial charge is 0.307 e. The molecule has 1 saturated carbocycles. The minimum Gasteiger partial charge on any atom is -0.481 e. The third-order valence-electron chi connectivity index (χ3n) is 5.43. The molecule has 4 nitrogen and oxygen atoms in total. The van der Waals surface area contributed by atoms with Crippen LogP contribution in [-0.2, 0) is 4.79 Å². The van der Waals surface area contributed by atoms with Gasteiger partial charge in [0.25, 0.3) is 0 Å². The van der Waals surface area contributed by atoms with E-state index in [0.717, 1.165) is 25.6 Å². The summed E-state index contributed by atoms with van der Waals surface area (Å²) < 4.78 is 0. The molecule has 3 aliphatic rings. The normalized spacial score (nSPS) is 32.1. The average Bonchev–Trinajstić information content (AvgIpc) is 3.11. The number of likely N-dealkylation sites (tertiary alicyclic amines) is 2. The first-order chi connectivity index (χ1) is 9.24. The second kappa shape index (κ2) is 5.80. The standard InChI is InChI=1S/C15H26N2O2/c18-15(19)12-5-8-17(11-12)14-6-9-16(10-7-14)13-3-1-2-4-13/h12-14H,1-11H2,(H,18,19). The monoisotopic (exact) mass is 266 g/mol. The molecule has 2 saturated heterocycles. The molecule has 1 aliphatic carbocycles. The predicted molar refractivity (Wildman–Crippen MR) is 74.2 cm³/mol. The Bertz CT molecular complexity index is 320. The second-order valence-corrected chi connectivity index (χ2v) is 6.52. The van der Waals surface area contributed by atoms with Crippen LogP contribution in [0.4, 0.5) is 0 Å². The molecule has 4 heteroatoms. The maximum atomic E-state index is 11.0. The number of nitrogens with zero attached hydrogens (tertiary/aromatic N) is 2. The molecule has 1 N–H and O–H groups in total. The van der Waals surface area contributed by atoms with E-state index in [2.05, 4.69) is 9.80 Å². The zero-order valence-corrected chi connectivity index (χ0v) is 11.8. The van der Waals surface area contributed by atoms with Crippen LogP contribution in [0.25, 0.3) is 0 Å². The van der Waals surface area contributed by atoms with E-state index in [1.54, 1.807) is 0 Å². The van der Waals surface area contributed by atoms with E-state index < -0.39 is 5.97 Å². The molecular weight excluding hydrogens is 240 g/mol. The highest BCUT2D eigenvalue weighted by Crippen LogP contribution is 2.29. The maximum absolute atomic E-state index is 11.0. The van der Waals surface area contributed by atoms with Crippen LogP contribution in [0.1, 0.15) is 44.9 Å². The van der Waals surface area contributed by atoms with Crippen molar-refractivity contribution in [3.05, 3.63) is 0 Å². The van der Waals surface area contributed by atoms with Gasteiger partial charge in [-0.3, -0.25) is 9.69 Å². The fraction of sp³-hybridized carbons (Fsp3) is 0.933. The molecule has 108 valence electrons. The summed E-state index contributed by atoms with van der Waals surface area (Å²) in [6.45, 7) is 4.22. The largest absolute Gasteiger partial charge is 0.481 e. The average molecular weight is 266 g/mol. The summed E-state index contributed by atoms with van der Waals surface area (Å²) in [6.07, 6.45) is 8.95. The Hall–Kier alpha value is -0.610. The molecule has 3 fully saturated rings. The van der Waals surface area contributed by atoms with Crippen molar-refractivity contribution in [1.29, 1.82) is 0 Å². The number of rotatable bonds is 3. The van der Waals surface area contributed by atoms with Crippen LogP contribution in [0.5, 0.6) is 0 Å². The third-order valence-corrected chi connectivity index (χ3v) is 5.43. The van der Waals surface area contributed by atoms with Crippen LogP contribution in [0.2, 0.25) is 0 Å². The molecule has 0 amide bonds. The highest BCUT2D eigenvalue weighted by Gasteiger charge is 2.35. The Morgan fingerprint density at radius 2 is 1.42 bits per heavy atom. The van der Waals surface area contributed by atoms with Crippen molar-refractivity contribution in [2.45, 2.75) is 57.0 Å². The van der Waals surface area contributed by atoms with Crippen molar-refractivity contribution in [3.63, 3.8) is 0 Å². The molecule has 2 aliphatic heterocycles. The topological polar surface area (TPSA) is 43.8 Å². The lowest BCUT2D eigenvalue weighted by atomic mass is 10.0. The fourth-order valence-electron chi connectivity index (χ4n) is 4.21. The van der Waals surface area contributed by atoms with Gasteiger partial charge in [-0.1, -0.05) is 12.8 Å². The van der Waals surface area contributed by atoms with Gasteiger partial charge in [-0.05, 0) is 51.7 Å². The molecule has 1 atom stereocenters. The Balaban J connectivity index is 1.46. The van der Waals surface area contributed by atoms with Gasteiger partial charge < -0.3 is 10.0 Å². The van der Waals surface area contributed by atoms with Crippen LogP contribution in [0.3, 0.4) is 0 Å². The highest BCUT2D eigenvalue weighted by atomic mass is 16.4. The number of aliphatic carboxylic acids is 1. The Morgan fingerprint density at radius 1 is 0.842 bits per heavy atom. The van der Waals surface area contributed by atoms with Gasteiger partial charge in [-0.2, -0.15) is 0 Å². The molecule has 0 aromatic heterocycles. The molecule has 1 unspecified atom stereocenters. The molecule has 0 bridgehead atoms. The molecule has 3 rings (SSSR count). The van der Waals surface area contributed by atoms with Crippen molar-refractivity contribution in [2.24, 2.45) is 5.92 Å². The third kappa shape index (κ3) is 2.95. The first kappa shape index (κ1) is 13.4. The molecule has 0 spiro atoms. The predicted octanol–water partition coefficient (Wildman–Crippen LogP) is 1.80. The Morgan fingerprint density at radius 3 is 2.00 bits per heavy atom. The molecule has 2 heterocycles. The summed E-state index contributed by atoms with van der Waals surface area (Å²) >= 11 is 0. The van der Waals surface area contributed by atoms with Gasteiger partial charge in [0.2, 0.25) is 0 Å². The van der Waals surface area contributed by atoms with Crippen LogP contribution >= 0.6 is 0 Å². The van der Waals surface area contributed by atoms with Crippen LogP contribution in [0, 0.1) is 5.92 Å². The highest BCUT2D eigenvalue weighted by molar-refractivity contribution is 5.70. The molecule has 19 heavy (non-hydrogen) atoms. The number of carboxylic acid groups (broad SMARTS) is 1. The molecule has 0 aromatic rings. The number of carbonyl (C=O) groups is 1. The van der Waals surface area contributed by atoms with Gasteiger partial charge >= 0.3 is 5.97 Å². The van der Waals surface area contributed by atoms with Crippen molar-refractivity contribution in [1.82, 2.24) is 9.80 Å². The minimum atomic E-state index is -0.606. The Labute approximate surface area is 115 Å². The van der Waals surface area contributed by atoms with Crippen LogP contribution in [0.15, 0.2) is 0 Å². The van der Waals surface area contributed by atoms with E-state index in [4.69, 9.17) is 5.11 Å². The van der Waals surface area contributed by atoms with Gasteiger partial charge in [-0.25, -0.2) is 0 Å². The van der Waals surface area contributed by atoms with E-state index in [1.807, 2.05) is 0 Å². The van der Waals surface area contributed by atoms with Gasteiger partial charge in [0.1, 0.15) is 0 Å². The van der Waals surface area contributed by atoms with Gasteiger partial charge in [0.15, 0.2) is 0 Å². The van der Waals surface area contributed by atoms with Crippen molar-refractivity contribution in [3.8, 4) is 0 Å². The summed E-state index contributed by atoms with van der Waals surface area (Å²) in [5, 5.41) is 9.08. The summed E-state index contributed by atoms with van der Waals surface area (Å²) in [6, 6.07) is 1.49. The van der Waals surface area contributed by atoms with Gasteiger partial charge in [0, 0.05) is 18.6 Å². The lowest BCUT2D eigenvalue weighted by molar-refractivity contribution is -0.141. The molecular formula is C15H26N2O2. The van der Waals surface area contributed by atoms with Crippen LogP contribution < -0.4 is 0 Å². The molecule has 0 radical (unpaired) electrons. The van der Waals surface area contributed by atoms with Crippen molar-refractivity contribution >= 4 is 5.97 Å². The van der Waals surface area contributed by atoms with E-state index in [1.165, 1.54) is 51.6 Å². The first-order valence-corrected chi connectivity index (χ1v) is 7.95. The lowest BCUT2D eigenvalue weighted by Crippen LogP contribution is -2.47. The second-order valence-electron chi connectivity index (χ2n) is 6.52. The SMILES string of the molecule is O=C(O)C1CCN(C2CCN(C3CCCC3)CC2)C1. The lowest BCUT2D eigenvalue weighted by Gasteiger charge is -2.39. The number of carboxylic acids is 1. The van der Waals surface area contributed by atoms with Gasteiger partial charge in [0.05, 0.1) is 5.92 Å². The zero-order chi connectivity index (χ0) is 13.2. The number of piperidine rings is 1. The van der Waals surface area contributed by atoms with Crippen molar-refractivity contribution < 1.29 is 9.90 Å².